The van der Waals surface area contributed by atoms with E-state index in [9.17, 15) is 9.18 Å². The summed E-state index contributed by atoms with van der Waals surface area (Å²) < 4.78 is 32.4. The second-order valence-electron chi connectivity index (χ2n) is 7.79. The Balaban J connectivity index is 1.65. The summed E-state index contributed by atoms with van der Waals surface area (Å²) in [6, 6.07) is 11.1. The summed E-state index contributed by atoms with van der Waals surface area (Å²) in [5.74, 6) is 0.493. The topological polar surface area (TPSA) is 100 Å². The van der Waals surface area contributed by atoms with E-state index in [0.29, 0.717) is 46.5 Å². The zero-order valence-electron chi connectivity index (χ0n) is 19.2. The summed E-state index contributed by atoms with van der Waals surface area (Å²) in [5.41, 5.74) is 2.14. The molecule has 34 heavy (non-hydrogen) atoms. The third-order valence-electron chi connectivity index (χ3n) is 5.51. The number of allylic oxidation sites excluding steroid dienone is 1. The molecule has 0 spiro atoms. The third kappa shape index (κ3) is 4.70. The Labute approximate surface area is 196 Å². The molecule has 178 valence electrons. The van der Waals surface area contributed by atoms with Crippen molar-refractivity contribution in [2.75, 3.05) is 19.0 Å². The van der Waals surface area contributed by atoms with Crippen LogP contribution in [0.25, 0.3) is 0 Å². The van der Waals surface area contributed by atoms with Gasteiger partial charge in [-0.1, -0.05) is 42.7 Å². The monoisotopic (exact) mass is 467 g/mol. The highest BCUT2D eigenvalue weighted by Gasteiger charge is 2.35. The number of ether oxygens (including phenoxy) is 3. The van der Waals surface area contributed by atoms with Crippen LogP contribution < -0.4 is 14.8 Å². The number of carbonyl (C=O) groups excluding carboxylic acids is 1. The van der Waals surface area contributed by atoms with Gasteiger partial charge in [0.25, 0.3) is 0 Å². The standard InChI is InChI=1S/C24H26FN5O4/c1-4-5-12-33-23(31)21-15(2)26-24-27-28-29-30(24)22(21)16-10-11-19(20(13-16)32-3)34-14-17-8-6-7-9-18(17)25/h6-11,13,22H,4-5,12,14H2,1-3H3,(H,26,27,29). The lowest BCUT2D eigenvalue weighted by Crippen LogP contribution is -2.30. The molecule has 1 atom stereocenters. The normalized spacial score (nSPS) is 14.9. The van der Waals surface area contributed by atoms with Gasteiger partial charge < -0.3 is 19.5 Å². The van der Waals surface area contributed by atoms with Gasteiger partial charge in [0.2, 0.25) is 5.95 Å². The van der Waals surface area contributed by atoms with Gasteiger partial charge in [-0.15, -0.1) is 0 Å². The number of aromatic nitrogens is 4. The van der Waals surface area contributed by atoms with E-state index in [1.807, 2.05) is 6.92 Å². The lowest BCUT2D eigenvalue weighted by molar-refractivity contribution is -0.139. The Kier molecular flexibility index (Phi) is 7.05. The van der Waals surface area contributed by atoms with Gasteiger partial charge >= 0.3 is 5.97 Å². The van der Waals surface area contributed by atoms with Gasteiger partial charge in [0.15, 0.2) is 11.5 Å². The molecule has 0 saturated carbocycles. The van der Waals surface area contributed by atoms with E-state index in [2.05, 4.69) is 20.8 Å². The molecule has 0 saturated heterocycles. The number of hydrogen-bond acceptors (Lipinski definition) is 8. The predicted molar refractivity (Wildman–Crippen MR) is 122 cm³/mol. The predicted octanol–water partition coefficient (Wildman–Crippen LogP) is 4.03. The number of nitrogens with one attached hydrogen (secondary N) is 1. The van der Waals surface area contributed by atoms with Crippen molar-refractivity contribution in [2.45, 2.75) is 39.3 Å². The molecule has 0 amide bonds. The molecular formula is C24H26FN5O4. The first-order valence-corrected chi connectivity index (χ1v) is 11.0. The molecule has 1 aromatic heterocycles. The molecule has 0 radical (unpaired) electrons. The summed E-state index contributed by atoms with van der Waals surface area (Å²) in [6.45, 7) is 4.18. The Bertz CT molecular complexity index is 1210. The molecule has 9 nitrogen and oxygen atoms in total. The zero-order chi connectivity index (χ0) is 24.1. The number of tetrazole rings is 1. The Morgan fingerprint density at radius 1 is 1.21 bits per heavy atom. The van der Waals surface area contributed by atoms with Crippen molar-refractivity contribution in [2.24, 2.45) is 0 Å². The lowest BCUT2D eigenvalue weighted by Gasteiger charge is -2.27. The highest BCUT2D eigenvalue weighted by atomic mass is 19.1. The van der Waals surface area contributed by atoms with E-state index in [4.69, 9.17) is 14.2 Å². The largest absolute Gasteiger partial charge is 0.493 e. The number of fused-ring (bicyclic) bond motifs is 1. The Morgan fingerprint density at radius 2 is 2.03 bits per heavy atom. The maximum Gasteiger partial charge on any atom is 0.338 e. The van der Waals surface area contributed by atoms with Crippen LogP contribution in [0, 0.1) is 5.82 Å². The van der Waals surface area contributed by atoms with Crippen LogP contribution in [-0.4, -0.2) is 39.9 Å². The Morgan fingerprint density at radius 3 is 2.79 bits per heavy atom. The molecule has 2 aromatic carbocycles. The minimum atomic E-state index is -0.630. The number of methoxy groups -OCH3 is 1. The smallest absolute Gasteiger partial charge is 0.338 e. The van der Waals surface area contributed by atoms with Gasteiger partial charge in [0.1, 0.15) is 18.5 Å². The minimum absolute atomic E-state index is 0.0425. The fourth-order valence-electron chi connectivity index (χ4n) is 3.72. The molecule has 0 bridgehead atoms. The number of hydrogen-bond donors (Lipinski definition) is 1. The van der Waals surface area contributed by atoms with E-state index in [0.717, 1.165) is 12.8 Å². The van der Waals surface area contributed by atoms with Crippen LogP contribution in [0.15, 0.2) is 53.7 Å². The second kappa shape index (κ2) is 10.3. The van der Waals surface area contributed by atoms with Crippen LogP contribution >= 0.6 is 0 Å². The summed E-state index contributed by atoms with van der Waals surface area (Å²) in [7, 11) is 1.51. The third-order valence-corrected chi connectivity index (χ3v) is 5.51. The molecule has 2 heterocycles. The zero-order valence-corrected chi connectivity index (χ0v) is 19.2. The number of unbranched alkanes of at least 4 members (excludes halogenated alkanes) is 1. The molecule has 1 aliphatic rings. The van der Waals surface area contributed by atoms with E-state index >= 15 is 0 Å². The number of nitrogens with zero attached hydrogens (tertiary/aromatic N) is 4. The number of esters is 1. The SMILES string of the molecule is CCCCOC(=O)C1=C(C)Nc2nnnn2C1c1ccc(OCc2ccccc2F)c(OC)c1. The first kappa shape index (κ1) is 23.2. The van der Waals surface area contributed by atoms with Gasteiger partial charge in [-0.05, 0) is 47.5 Å². The first-order valence-electron chi connectivity index (χ1n) is 11.0. The number of carbonyl (C=O) groups is 1. The number of halogens is 1. The van der Waals surface area contributed by atoms with Crippen molar-refractivity contribution < 1.29 is 23.4 Å². The summed E-state index contributed by atoms with van der Waals surface area (Å²) >= 11 is 0. The second-order valence-corrected chi connectivity index (χ2v) is 7.79. The molecule has 0 aliphatic carbocycles. The quantitative estimate of drug-likeness (QED) is 0.372. The molecule has 4 rings (SSSR count). The lowest BCUT2D eigenvalue weighted by atomic mass is 9.95. The number of anilines is 1. The molecule has 3 aromatic rings. The molecule has 1 unspecified atom stereocenters. The summed E-state index contributed by atoms with van der Waals surface area (Å²) in [4.78, 5) is 13.0. The molecule has 0 fully saturated rings. The van der Waals surface area contributed by atoms with Crippen LogP contribution in [0.5, 0.6) is 11.5 Å². The maximum atomic E-state index is 14.0. The molecule has 10 heteroatoms. The fourth-order valence-corrected chi connectivity index (χ4v) is 3.72. The molecule has 1 N–H and O–H groups in total. The number of rotatable bonds is 9. The molecular weight excluding hydrogens is 441 g/mol. The average molecular weight is 468 g/mol. The first-order chi connectivity index (χ1) is 16.5. The molecule has 1 aliphatic heterocycles. The van der Waals surface area contributed by atoms with Crippen molar-refractivity contribution in [3.8, 4) is 11.5 Å². The maximum absolute atomic E-state index is 14.0. The van der Waals surface area contributed by atoms with E-state index in [1.165, 1.54) is 17.9 Å². The van der Waals surface area contributed by atoms with Crippen LogP contribution in [0.2, 0.25) is 0 Å². The van der Waals surface area contributed by atoms with Crippen molar-refractivity contribution in [3.63, 3.8) is 0 Å². The van der Waals surface area contributed by atoms with Gasteiger partial charge in [0, 0.05) is 11.3 Å². The van der Waals surface area contributed by atoms with Crippen LogP contribution in [0.3, 0.4) is 0 Å². The number of benzene rings is 2. The van der Waals surface area contributed by atoms with Gasteiger partial charge in [-0.25, -0.2) is 9.18 Å². The van der Waals surface area contributed by atoms with Crippen LogP contribution in [0.1, 0.15) is 43.9 Å². The minimum Gasteiger partial charge on any atom is -0.493 e. The average Bonchev–Trinajstić information content (AvgIpc) is 3.30. The van der Waals surface area contributed by atoms with Crippen molar-refractivity contribution in [1.82, 2.24) is 20.2 Å². The highest BCUT2D eigenvalue weighted by molar-refractivity contribution is 5.92. The van der Waals surface area contributed by atoms with Crippen LogP contribution in [0.4, 0.5) is 10.3 Å². The highest BCUT2D eigenvalue weighted by Crippen LogP contribution is 2.38. The van der Waals surface area contributed by atoms with Crippen molar-refractivity contribution >= 4 is 11.9 Å². The van der Waals surface area contributed by atoms with E-state index in [1.54, 1.807) is 43.3 Å². The van der Waals surface area contributed by atoms with Crippen molar-refractivity contribution in [3.05, 3.63) is 70.7 Å². The summed E-state index contributed by atoms with van der Waals surface area (Å²) in [6.07, 6.45) is 1.68. The van der Waals surface area contributed by atoms with Crippen molar-refractivity contribution in [1.29, 1.82) is 0 Å². The van der Waals surface area contributed by atoms with E-state index < -0.39 is 12.0 Å². The van der Waals surface area contributed by atoms with Crippen LogP contribution in [-0.2, 0) is 16.1 Å². The fraction of sp³-hybridized carbons (Fsp3) is 0.333. The van der Waals surface area contributed by atoms with Gasteiger partial charge in [-0.3, -0.25) is 0 Å². The van der Waals surface area contributed by atoms with Gasteiger partial charge in [0.05, 0.1) is 19.3 Å². The Hall–Kier alpha value is -3.95. The van der Waals surface area contributed by atoms with E-state index in [-0.39, 0.29) is 12.4 Å². The van der Waals surface area contributed by atoms with Gasteiger partial charge in [-0.2, -0.15) is 4.68 Å². The summed E-state index contributed by atoms with van der Waals surface area (Å²) in [5, 5.41) is 14.9.